The van der Waals surface area contributed by atoms with Crippen molar-refractivity contribution < 1.29 is 29.2 Å². The standard InChI is InChI=1S/C22H26N4O4/c27-21(24-23-14-19-8-4-5-9-20(19)30-17-22(28)29)16-26-12-10-25(11-13-26)15-18-6-2-1-3-7-18/h1-9,14H,10-13,15-17H2,(H,24,27)(H,28,29)/p+1/b23-14+. The summed E-state index contributed by atoms with van der Waals surface area (Å²) in [5.41, 5.74) is 4.45. The van der Waals surface area contributed by atoms with Crippen LogP contribution >= 0.6 is 0 Å². The molecule has 1 heterocycles. The van der Waals surface area contributed by atoms with Gasteiger partial charge in [-0.1, -0.05) is 42.5 Å². The molecule has 0 aliphatic carbocycles. The molecule has 0 radical (unpaired) electrons. The van der Waals surface area contributed by atoms with Crippen molar-refractivity contribution in [1.29, 1.82) is 0 Å². The van der Waals surface area contributed by atoms with Gasteiger partial charge in [-0.2, -0.15) is 5.10 Å². The normalized spacial score (nSPS) is 18.8. The maximum atomic E-state index is 12.2. The third-order valence-corrected chi connectivity index (χ3v) is 5.03. The zero-order chi connectivity index (χ0) is 21.2. The minimum atomic E-state index is -1.30. The van der Waals surface area contributed by atoms with Crippen molar-refractivity contribution in [1.82, 2.24) is 5.43 Å². The average Bonchev–Trinajstić information content (AvgIpc) is 2.75. The molecule has 0 bridgehead atoms. The van der Waals surface area contributed by atoms with Gasteiger partial charge in [-0.3, -0.25) is 4.79 Å². The van der Waals surface area contributed by atoms with Gasteiger partial charge < -0.3 is 24.4 Å². The SMILES string of the molecule is O=C([O-])COc1ccccc1/C=N/NC(=O)C[NH+]1CC[NH+](Cc2ccccc2)CC1. The van der Waals surface area contributed by atoms with Crippen molar-refractivity contribution in [2.45, 2.75) is 6.54 Å². The fraction of sp³-hybridized carbons (Fsp3) is 0.318. The second-order valence-electron chi connectivity index (χ2n) is 7.33. The van der Waals surface area contributed by atoms with Gasteiger partial charge in [0.2, 0.25) is 0 Å². The Morgan fingerprint density at radius 2 is 1.67 bits per heavy atom. The van der Waals surface area contributed by atoms with E-state index in [0.29, 0.717) is 17.9 Å². The molecule has 0 atom stereocenters. The number of nitrogens with one attached hydrogen (secondary N) is 3. The number of aliphatic carboxylic acids is 1. The zero-order valence-electron chi connectivity index (χ0n) is 16.8. The lowest BCUT2D eigenvalue weighted by Crippen LogP contribution is -3.28. The molecule has 30 heavy (non-hydrogen) atoms. The van der Waals surface area contributed by atoms with Crippen LogP contribution in [0.4, 0.5) is 0 Å². The lowest BCUT2D eigenvalue weighted by Gasteiger charge is -2.29. The molecule has 1 aliphatic rings. The van der Waals surface area contributed by atoms with Crippen molar-refractivity contribution in [2.24, 2.45) is 5.10 Å². The van der Waals surface area contributed by atoms with Crippen molar-refractivity contribution in [3.05, 3.63) is 65.7 Å². The van der Waals surface area contributed by atoms with Gasteiger partial charge in [-0.05, 0) is 12.1 Å². The average molecular weight is 411 g/mol. The van der Waals surface area contributed by atoms with E-state index in [0.717, 1.165) is 32.7 Å². The molecule has 3 N–H and O–H groups in total. The quantitative estimate of drug-likeness (QED) is 0.308. The van der Waals surface area contributed by atoms with Gasteiger partial charge in [-0.15, -0.1) is 0 Å². The van der Waals surface area contributed by atoms with Gasteiger partial charge in [0.1, 0.15) is 45.1 Å². The minimum Gasteiger partial charge on any atom is -0.546 e. The predicted molar refractivity (Wildman–Crippen MR) is 109 cm³/mol. The van der Waals surface area contributed by atoms with Gasteiger partial charge in [-0.25, -0.2) is 5.43 Å². The summed E-state index contributed by atoms with van der Waals surface area (Å²) in [7, 11) is 0. The summed E-state index contributed by atoms with van der Waals surface area (Å²) < 4.78 is 5.16. The van der Waals surface area contributed by atoms with Crippen molar-refractivity contribution in [2.75, 3.05) is 39.3 Å². The molecule has 8 nitrogen and oxygen atoms in total. The maximum absolute atomic E-state index is 12.2. The van der Waals surface area contributed by atoms with Crippen LogP contribution in [0.3, 0.4) is 0 Å². The number of carboxylic acids is 1. The Kier molecular flexibility index (Phi) is 7.94. The smallest absolute Gasteiger partial charge is 0.295 e. The Morgan fingerprint density at radius 3 is 2.40 bits per heavy atom. The lowest BCUT2D eigenvalue weighted by molar-refractivity contribution is -1.02. The third-order valence-electron chi connectivity index (χ3n) is 5.03. The number of nitrogens with zero attached hydrogens (tertiary/aromatic N) is 1. The first-order valence-corrected chi connectivity index (χ1v) is 10.0. The van der Waals surface area contributed by atoms with E-state index in [2.05, 4.69) is 34.8 Å². The van der Waals surface area contributed by atoms with Gasteiger partial charge in [0, 0.05) is 11.1 Å². The Bertz CT molecular complexity index is 864. The number of quaternary nitrogens is 2. The number of hydrogen-bond acceptors (Lipinski definition) is 5. The van der Waals surface area contributed by atoms with Gasteiger partial charge in [0.05, 0.1) is 12.2 Å². The molecular weight excluding hydrogens is 384 g/mol. The first-order chi connectivity index (χ1) is 14.6. The Balaban J connectivity index is 1.41. The number of piperazine rings is 1. The lowest BCUT2D eigenvalue weighted by atomic mass is 10.2. The van der Waals surface area contributed by atoms with E-state index < -0.39 is 12.6 Å². The number of benzene rings is 2. The maximum Gasteiger partial charge on any atom is 0.295 e. The summed E-state index contributed by atoms with van der Waals surface area (Å²) in [5, 5.41) is 14.5. The molecule has 8 heteroatoms. The topological polar surface area (TPSA) is 99.7 Å². The summed E-state index contributed by atoms with van der Waals surface area (Å²) in [5.74, 6) is -1.09. The Labute approximate surface area is 175 Å². The fourth-order valence-electron chi connectivity index (χ4n) is 3.49. The number of ether oxygens (including phenoxy) is 1. The molecule has 0 saturated carbocycles. The Morgan fingerprint density at radius 1 is 1.00 bits per heavy atom. The number of carboxylic acid groups (broad SMARTS) is 1. The molecule has 0 spiro atoms. The summed E-state index contributed by atoms with van der Waals surface area (Å²) in [6, 6.07) is 17.3. The second-order valence-corrected chi connectivity index (χ2v) is 7.33. The highest BCUT2D eigenvalue weighted by Gasteiger charge is 2.24. The molecule has 3 rings (SSSR count). The second kappa shape index (κ2) is 11.1. The fourth-order valence-corrected chi connectivity index (χ4v) is 3.49. The van der Waals surface area contributed by atoms with E-state index in [4.69, 9.17) is 4.74 Å². The molecule has 2 aromatic rings. The number of para-hydroxylation sites is 1. The predicted octanol–water partition coefficient (Wildman–Crippen LogP) is -2.75. The molecule has 1 aliphatic heterocycles. The van der Waals surface area contributed by atoms with Crippen molar-refractivity contribution in [3.8, 4) is 5.75 Å². The van der Waals surface area contributed by atoms with Crippen LogP contribution in [0.1, 0.15) is 11.1 Å². The first kappa shape index (κ1) is 21.5. The van der Waals surface area contributed by atoms with Crippen LogP contribution in [-0.2, 0) is 16.1 Å². The van der Waals surface area contributed by atoms with Crippen LogP contribution in [-0.4, -0.2) is 57.4 Å². The van der Waals surface area contributed by atoms with E-state index >= 15 is 0 Å². The van der Waals surface area contributed by atoms with E-state index in [1.54, 1.807) is 24.3 Å². The van der Waals surface area contributed by atoms with Gasteiger partial charge in [0.25, 0.3) is 5.91 Å². The number of amides is 1. The highest BCUT2D eigenvalue weighted by Crippen LogP contribution is 2.15. The number of hydrazone groups is 1. The summed E-state index contributed by atoms with van der Waals surface area (Å²) in [6.45, 7) is 4.80. The monoisotopic (exact) mass is 411 g/mol. The summed E-state index contributed by atoms with van der Waals surface area (Å²) >= 11 is 0. The van der Waals surface area contributed by atoms with E-state index in [9.17, 15) is 14.7 Å². The van der Waals surface area contributed by atoms with Crippen LogP contribution in [0.15, 0.2) is 59.7 Å². The summed E-state index contributed by atoms with van der Waals surface area (Å²) in [6.07, 6.45) is 1.44. The first-order valence-electron chi connectivity index (χ1n) is 10.0. The zero-order valence-corrected chi connectivity index (χ0v) is 16.8. The Hall–Kier alpha value is -3.23. The summed E-state index contributed by atoms with van der Waals surface area (Å²) in [4.78, 5) is 25.5. The minimum absolute atomic E-state index is 0.152. The number of rotatable bonds is 9. The molecule has 158 valence electrons. The van der Waals surface area contributed by atoms with Crippen LogP contribution in [0.5, 0.6) is 5.75 Å². The van der Waals surface area contributed by atoms with Crippen molar-refractivity contribution in [3.63, 3.8) is 0 Å². The van der Waals surface area contributed by atoms with Crippen LogP contribution in [0.2, 0.25) is 0 Å². The van der Waals surface area contributed by atoms with Gasteiger partial charge >= 0.3 is 0 Å². The third kappa shape index (κ3) is 6.98. The van der Waals surface area contributed by atoms with E-state index in [1.807, 2.05) is 6.07 Å². The van der Waals surface area contributed by atoms with E-state index in [1.165, 1.54) is 21.6 Å². The van der Waals surface area contributed by atoms with E-state index in [-0.39, 0.29) is 5.91 Å². The molecule has 1 saturated heterocycles. The molecule has 0 aromatic heterocycles. The molecule has 2 aromatic carbocycles. The molecular formula is C22H27N4O4+. The van der Waals surface area contributed by atoms with Crippen LogP contribution < -0.4 is 25.1 Å². The van der Waals surface area contributed by atoms with Crippen molar-refractivity contribution >= 4 is 18.1 Å². The largest absolute Gasteiger partial charge is 0.546 e. The van der Waals surface area contributed by atoms with Crippen LogP contribution in [0, 0.1) is 0 Å². The van der Waals surface area contributed by atoms with Gasteiger partial charge in [0.15, 0.2) is 6.54 Å². The highest BCUT2D eigenvalue weighted by molar-refractivity contribution is 5.85. The number of carbonyl (C=O) groups excluding carboxylic acids is 2. The number of hydrogen-bond donors (Lipinski definition) is 3. The molecule has 0 unspecified atom stereocenters. The highest BCUT2D eigenvalue weighted by atomic mass is 16.5. The molecule has 1 amide bonds. The number of carbonyl (C=O) groups is 2. The molecule has 1 fully saturated rings. The van der Waals surface area contributed by atoms with Crippen LogP contribution in [0.25, 0.3) is 0 Å².